The Kier molecular flexibility index (Phi) is 4.73. The van der Waals surface area contributed by atoms with E-state index in [4.69, 9.17) is 25.8 Å². The molecule has 1 aliphatic heterocycles. The van der Waals surface area contributed by atoms with Gasteiger partial charge in [-0.2, -0.15) is 5.10 Å². The molecule has 0 unspecified atom stereocenters. The molecule has 0 aliphatic carbocycles. The quantitative estimate of drug-likeness (QED) is 0.504. The highest BCUT2D eigenvalue weighted by Gasteiger charge is 2.23. The number of aromatic nitrogens is 2. The fourth-order valence-corrected chi connectivity index (χ4v) is 3.20. The molecule has 0 spiro atoms. The molecule has 0 saturated carbocycles. The first-order chi connectivity index (χ1) is 13.1. The minimum absolute atomic E-state index is 0.249. The predicted octanol–water partition coefficient (Wildman–Crippen LogP) is 3.88. The number of carbonyl (C=O) groups excluding carboxylic acids is 1. The van der Waals surface area contributed by atoms with E-state index in [2.05, 4.69) is 5.10 Å². The number of carbonyl (C=O) groups is 1. The fourth-order valence-electron chi connectivity index (χ4n) is 2.89. The monoisotopic (exact) mass is 384 g/mol. The summed E-state index contributed by atoms with van der Waals surface area (Å²) in [5, 5.41) is 4.63. The van der Waals surface area contributed by atoms with Crippen LogP contribution in [0.1, 0.15) is 21.6 Å². The van der Waals surface area contributed by atoms with Crippen LogP contribution in [0.5, 0.6) is 17.2 Å². The van der Waals surface area contributed by atoms with Crippen LogP contribution in [0.2, 0.25) is 5.15 Å². The largest absolute Gasteiger partial charge is 0.486 e. The van der Waals surface area contributed by atoms with Gasteiger partial charge < -0.3 is 14.2 Å². The van der Waals surface area contributed by atoms with E-state index in [-0.39, 0.29) is 10.7 Å². The predicted molar refractivity (Wildman–Crippen MR) is 99.9 cm³/mol. The van der Waals surface area contributed by atoms with E-state index < -0.39 is 5.97 Å². The van der Waals surface area contributed by atoms with E-state index >= 15 is 0 Å². The Labute approximate surface area is 161 Å². The molecule has 138 valence electrons. The van der Waals surface area contributed by atoms with Crippen molar-refractivity contribution in [2.45, 2.75) is 13.5 Å². The van der Waals surface area contributed by atoms with Gasteiger partial charge in [0.15, 0.2) is 11.5 Å². The van der Waals surface area contributed by atoms with Gasteiger partial charge in [-0.25, -0.2) is 9.48 Å². The lowest BCUT2D eigenvalue weighted by Gasteiger charge is -2.18. The molecule has 0 saturated heterocycles. The van der Waals surface area contributed by atoms with Crippen LogP contribution in [-0.4, -0.2) is 29.0 Å². The molecule has 0 bridgehead atoms. The van der Waals surface area contributed by atoms with Gasteiger partial charge in [-0.15, -0.1) is 0 Å². The third-order valence-corrected chi connectivity index (χ3v) is 4.55. The maximum absolute atomic E-state index is 12.7. The first-order valence-electron chi connectivity index (χ1n) is 8.50. The fraction of sp³-hybridized carbons (Fsp3) is 0.200. The Morgan fingerprint density at radius 2 is 1.89 bits per heavy atom. The molecule has 6 nitrogen and oxygen atoms in total. The number of ether oxygens (including phenoxy) is 3. The average molecular weight is 385 g/mol. The zero-order valence-corrected chi connectivity index (χ0v) is 15.4. The van der Waals surface area contributed by atoms with Crippen LogP contribution < -0.4 is 14.2 Å². The van der Waals surface area contributed by atoms with Crippen LogP contribution in [0.15, 0.2) is 48.5 Å². The van der Waals surface area contributed by atoms with Crippen LogP contribution in [0, 0.1) is 6.92 Å². The van der Waals surface area contributed by atoms with Crippen molar-refractivity contribution in [1.29, 1.82) is 0 Å². The molecule has 2 aromatic carbocycles. The lowest BCUT2D eigenvalue weighted by Crippen LogP contribution is -2.16. The molecule has 0 amide bonds. The van der Waals surface area contributed by atoms with Gasteiger partial charge in [-0.05, 0) is 24.6 Å². The van der Waals surface area contributed by atoms with E-state index in [9.17, 15) is 4.79 Å². The van der Waals surface area contributed by atoms with Gasteiger partial charge in [-0.3, -0.25) is 0 Å². The van der Waals surface area contributed by atoms with Crippen molar-refractivity contribution < 1.29 is 19.0 Å². The molecule has 0 atom stereocenters. The van der Waals surface area contributed by atoms with Crippen molar-refractivity contribution in [1.82, 2.24) is 9.78 Å². The molecule has 4 rings (SSSR count). The summed E-state index contributed by atoms with van der Waals surface area (Å²) in [4.78, 5) is 12.7. The highest BCUT2D eigenvalue weighted by Crippen LogP contribution is 2.34. The standard InChI is InChI=1S/C20H17ClN2O4/c1-13-18(19(21)23(22-13)12-14-5-3-2-4-6-14)20(24)27-15-7-8-16-17(11-15)26-10-9-25-16/h2-8,11H,9-10,12H2,1H3. The number of fused-ring (bicyclic) bond motifs is 1. The molecule has 1 aliphatic rings. The Morgan fingerprint density at radius 1 is 1.15 bits per heavy atom. The van der Waals surface area contributed by atoms with Gasteiger partial charge in [0.2, 0.25) is 0 Å². The second kappa shape index (κ2) is 7.32. The second-order valence-corrected chi connectivity index (χ2v) is 6.45. The Hall–Kier alpha value is -2.99. The Balaban J connectivity index is 1.55. The maximum Gasteiger partial charge on any atom is 0.348 e. The van der Waals surface area contributed by atoms with Crippen LogP contribution in [0.3, 0.4) is 0 Å². The number of aryl methyl sites for hydroxylation is 1. The molecule has 1 aromatic heterocycles. The van der Waals surface area contributed by atoms with E-state index in [1.165, 1.54) is 0 Å². The molecular weight excluding hydrogens is 368 g/mol. The highest BCUT2D eigenvalue weighted by molar-refractivity contribution is 6.32. The number of halogens is 1. The summed E-state index contributed by atoms with van der Waals surface area (Å²) in [6.45, 7) is 3.16. The number of nitrogens with zero attached hydrogens (tertiary/aromatic N) is 2. The van der Waals surface area contributed by atoms with E-state index in [0.717, 1.165) is 5.56 Å². The van der Waals surface area contributed by atoms with Crippen molar-refractivity contribution >= 4 is 17.6 Å². The van der Waals surface area contributed by atoms with Crippen LogP contribution in [0.25, 0.3) is 0 Å². The smallest absolute Gasteiger partial charge is 0.348 e. The zero-order valence-electron chi connectivity index (χ0n) is 14.6. The van der Waals surface area contributed by atoms with Gasteiger partial charge in [0.1, 0.15) is 29.7 Å². The molecule has 3 aromatic rings. The highest BCUT2D eigenvalue weighted by atomic mass is 35.5. The first-order valence-corrected chi connectivity index (χ1v) is 8.88. The normalized spacial score (nSPS) is 12.7. The Morgan fingerprint density at radius 3 is 2.67 bits per heavy atom. The summed E-state index contributed by atoms with van der Waals surface area (Å²) in [5.74, 6) is 0.976. The Bertz CT molecular complexity index is 985. The molecule has 7 heteroatoms. The average Bonchev–Trinajstić information content (AvgIpc) is 2.95. The summed E-state index contributed by atoms with van der Waals surface area (Å²) >= 11 is 6.41. The number of rotatable bonds is 4. The van der Waals surface area contributed by atoms with Gasteiger partial charge >= 0.3 is 5.97 Å². The molecule has 0 fully saturated rings. The van der Waals surface area contributed by atoms with Crippen molar-refractivity contribution in [3.05, 3.63) is 70.5 Å². The molecule has 0 N–H and O–H groups in total. The summed E-state index contributed by atoms with van der Waals surface area (Å²) in [5.41, 5.74) is 1.80. The SMILES string of the molecule is Cc1nn(Cc2ccccc2)c(Cl)c1C(=O)Oc1ccc2c(c1)OCCO2. The minimum Gasteiger partial charge on any atom is -0.486 e. The van der Waals surface area contributed by atoms with Crippen molar-refractivity contribution in [3.63, 3.8) is 0 Å². The molecule has 0 radical (unpaired) electrons. The van der Waals surface area contributed by atoms with Gasteiger partial charge in [0.25, 0.3) is 0 Å². The van der Waals surface area contributed by atoms with Crippen LogP contribution in [-0.2, 0) is 6.54 Å². The molecule has 2 heterocycles. The van der Waals surface area contributed by atoms with Crippen molar-refractivity contribution in [3.8, 4) is 17.2 Å². The van der Waals surface area contributed by atoms with Gasteiger partial charge in [0.05, 0.1) is 12.2 Å². The lowest BCUT2D eigenvalue weighted by atomic mass is 10.2. The summed E-state index contributed by atoms with van der Waals surface area (Å²) in [6.07, 6.45) is 0. The minimum atomic E-state index is -0.562. The maximum atomic E-state index is 12.7. The number of hydrogen-bond donors (Lipinski definition) is 0. The first kappa shape index (κ1) is 17.4. The topological polar surface area (TPSA) is 62.6 Å². The van der Waals surface area contributed by atoms with Gasteiger partial charge in [-0.1, -0.05) is 41.9 Å². The van der Waals surface area contributed by atoms with Crippen molar-refractivity contribution in [2.24, 2.45) is 0 Å². The number of esters is 1. The van der Waals surface area contributed by atoms with E-state index in [0.29, 0.717) is 42.7 Å². The second-order valence-electron chi connectivity index (χ2n) is 6.09. The van der Waals surface area contributed by atoms with Crippen LogP contribution in [0.4, 0.5) is 0 Å². The van der Waals surface area contributed by atoms with Crippen LogP contribution >= 0.6 is 11.6 Å². The summed E-state index contributed by atoms with van der Waals surface area (Å²) in [6, 6.07) is 14.8. The molecular formula is C20H17ClN2O4. The number of hydrogen-bond acceptors (Lipinski definition) is 5. The number of benzene rings is 2. The molecule has 27 heavy (non-hydrogen) atoms. The van der Waals surface area contributed by atoms with Crippen molar-refractivity contribution in [2.75, 3.05) is 13.2 Å². The summed E-state index contributed by atoms with van der Waals surface area (Å²) in [7, 11) is 0. The third kappa shape index (κ3) is 3.61. The third-order valence-electron chi connectivity index (χ3n) is 4.17. The summed E-state index contributed by atoms with van der Waals surface area (Å²) < 4.78 is 18.0. The van der Waals surface area contributed by atoms with Gasteiger partial charge in [0, 0.05) is 6.07 Å². The zero-order chi connectivity index (χ0) is 18.8. The van der Waals surface area contributed by atoms with E-state index in [1.54, 1.807) is 29.8 Å². The van der Waals surface area contributed by atoms with E-state index in [1.807, 2.05) is 30.3 Å². The lowest BCUT2D eigenvalue weighted by molar-refractivity contribution is 0.0733.